The quantitative estimate of drug-likeness (QED) is 0.618. The molecule has 0 saturated carbocycles. The Morgan fingerprint density at radius 2 is 2.05 bits per heavy atom. The Bertz CT molecular complexity index is 776. The lowest BCUT2D eigenvalue weighted by Gasteiger charge is -2.09. The fourth-order valence-corrected chi connectivity index (χ4v) is 2.73. The van der Waals surface area contributed by atoms with Crippen LogP contribution < -0.4 is 0 Å². The van der Waals surface area contributed by atoms with Gasteiger partial charge in [0.25, 0.3) is 0 Å². The minimum atomic E-state index is -0.288. The molecule has 3 aromatic rings. The number of fused-ring (bicyclic) bond motifs is 1. The van der Waals surface area contributed by atoms with Crippen LogP contribution in [0.3, 0.4) is 0 Å². The van der Waals surface area contributed by atoms with Gasteiger partial charge in [-0.3, -0.25) is 4.57 Å². The Morgan fingerprint density at radius 1 is 1.25 bits per heavy atom. The Labute approximate surface area is 125 Å². The zero-order valence-corrected chi connectivity index (χ0v) is 12.2. The van der Waals surface area contributed by atoms with Crippen LogP contribution in [0, 0.1) is 12.7 Å². The lowest BCUT2D eigenvalue weighted by atomic mass is 10.2. The minimum Gasteiger partial charge on any atom is -0.295 e. The second-order valence-electron chi connectivity index (χ2n) is 4.59. The molecule has 3 rings (SSSR count). The van der Waals surface area contributed by atoms with Crippen LogP contribution in [-0.4, -0.2) is 9.55 Å². The van der Waals surface area contributed by atoms with Gasteiger partial charge < -0.3 is 0 Å². The maximum atomic E-state index is 13.6. The summed E-state index contributed by atoms with van der Waals surface area (Å²) < 4.78 is 15.5. The van der Waals surface area contributed by atoms with Crippen molar-refractivity contribution in [2.24, 2.45) is 0 Å². The minimum absolute atomic E-state index is 0.223. The molecule has 0 spiro atoms. The summed E-state index contributed by atoms with van der Waals surface area (Å²) in [5.41, 5.74) is 3.03. The first-order chi connectivity index (χ1) is 9.60. The number of para-hydroxylation sites is 1. The fourth-order valence-electron chi connectivity index (χ4n) is 2.34. The van der Waals surface area contributed by atoms with Gasteiger partial charge >= 0.3 is 0 Å². The van der Waals surface area contributed by atoms with E-state index in [-0.39, 0.29) is 11.7 Å². The molecule has 0 atom stereocenters. The molecule has 102 valence electrons. The van der Waals surface area contributed by atoms with Crippen molar-refractivity contribution in [2.45, 2.75) is 12.8 Å². The lowest BCUT2D eigenvalue weighted by molar-refractivity contribution is 0.625. The third kappa shape index (κ3) is 2.17. The first kappa shape index (κ1) is 13.4. The van der Waals surface area contributed by atoms with Crippen LogP contribution in [0.5, 0.6) is 0 Å². The van der Waals surface area contributed by atoms with Crippen molar-refractivity contribution in [1.82, 2.24) is 9.55 Å². The molecule has 0 radical (unpaired) electrons. The zero-order chi connectivity index (χ0) is 14.3. The summed E-state index contributed by atoms with van der Waals surface area (Å²) in [4.78, 5) is 4.44. The molecule has 0 aliphatic heterocycles. The Hall–Kier alpha value is -1.58. The Morgan fingerprint density at radius 3 is 2.75 bits per heavy atom. The molecule has 20 heavy (non-hydrogen) atoms. The molecule has 0 unspecified atom stereocenters. The second-order valence-corrected chi connectivity index (χ2v) is 5.27. The van der Waals surface area contributed by atoms with Crippen LogP contribution in [0.25, 0.3) is 16.7 Å². The molecule has 0 bridgehead atoms. The monoisotopic (exact) mass is 308 g/mol. The van der Waals surface area contributed by atoms with E-state index in [2.05, 4.69) is 4.98 Å². The second kappa shape index (κ2) is 5.08. The van der Waals surface area contributed by atoms with Crippen LogP contribution in [0.4, 0.5) is 4.39 Å². The van der Waals surface area contributed by atoms with Gasteiger partial charge in [-0.1, -0.05) is 17.7 Å². The van der Waals surface area contributed by atoms with Crippen LogP contribution >= 0.6 is 23.2 Å². The summed E-state index contributed by atoms with van der Waals surface area (Å²) in [6.07, 6.45) is 0. The highest BCUT2D eigenvalue weighted by Gasteiger charge is 2.14. The Kier molecular flexibility index (Phi) is 3.40. The lowest BCUT2D eigenvalue weighted by Crippen LogP contribution is -2.00. The molecule has 1 heterocycles. The van der Waals surface area contributed by atoms with Crippen molar-refractivity contribution in [2.75, 3.05) is 0 Å². The summed E-state index contributed by atoms with van der Waals surface area (Å²) in [6.45, 7) is 1.85. The zero-order valence-electron chi connectivity index (χ0n) is 10.7. The molecular weight excluding hydrogens is 298 g/mol. The summed E-state index contributed by atoms with van der Waals surface area (Å²) in [5, 5.41) is 0.556. The van der Waals surface area contributed by atoms with Gasteiger partial charge in [-0.05, 0) is 42.8 Å². The van der Waals surface area contributed by atoms with E-state index in [0.29, 0.717) is 22.1 Å². The maximum absolute atomic E-state index is 13.6. The molecule has 5 heteroatoms. The summed E-state index contributed by atoms with van der Waals surface area (Å²) >= 11 is 12.1. The van der Waals surface area contributed by atoms with Crippen LogP contribution in [0.15, 0.2) is 36.4 Å². The number of aryl methyl sites for hydroxylation is 1. The first-order valence-corrected chi connectivity index (χ1v) is 7.01. The van der Waals surface area contributed by atoms with Gasteiger partial charge in [0.1, 0.15) is 17.2 Å². The van der Waals surface area contributed by atoms with Gasteiger partial charge in [-0.2, -0.15) is 0 Å². The summed E-state index contributed by atoms with van der Waals surface area (Å²) in [6, 6.07) is 10.3. The molecule has 0 amide bonds. The van der Waals surface area contributed by atoms with E-state index >= 15 is 0 Å². The van der Waals surface area contributed by atoms with E-state index in [1.807, 2.05) is 29.7 Å². The molecule has 0 saturated heterocycles. The molecule has 2 aromatic carbocycles. The highest BCUT2D eigenvalue weighted by atomic mass is 35.5. The number of halogens is 3. The highest BCUT2D eigenvalue weighted by molar-refractivity contribution is 6.35. The van der Waals surface area contributed by atoms with Gasteiger partial charge in [-0.25, -0.2) is 9.37 Å². The largest absolute Gasteiger partial charge is 0.295 e. The van der Waals surface area contributed by atoms with E-state index in [4.69, 9.17) is 23.2 Å². The third-order valence-electron chi connectivity index (χ3n) is 3.11. The average molecular weight is 309 g/mol. The average Bonchev–Trinajstić information content (AvgIpc) is 2.77. The van der Waals surface area contributed by atoms with Crippen molar-refractivity contribution in [3.8, 4) is 5.69 Å². The number of benzene rings is 2. The summed E-state index contributed by atoms with van der Waals surface area (Å²) in [7, 11) is 0. The maximum Gasteiger partial charge on any atom is 0.129 e. The topological polar surface area (TPSA) is 17.8 Å². The molecule has 0 N–H and O–H groups in total. The van der Waals surface area contributed by atoms with Gasteiger partial charge in [-0.15, -0.1) is 11.6 Å². The van der Waals surface area contributed by atoms with Crippen molar-refractivity contribution < 1.29 is 4.39 Å². The van der Waals surface area contributed by atoms with E-state index in [1.165, 1.54) is 12.1 Å². The number of aromatic nitrogens is 2. The van der Waals surface area contributed by atoms with Crippen LogP contribution in [0.2, 0.25) is 5.02 Å². The fraction of sp³-hybridized carbons (Fsp3) is 0.133. The first-order valence-electron chi connectivity index (χ1n) is 6.09. The highest BCUT2D eigenvalue weighted by Crippen LogP contribution is 2.28. The number of hydrogen-bond donors (Lipinski definition) is 0. The standard InChI is InChI=1S/C15H11Cl2FN2/c1-9-5-10(18)7-11(6-9)20-13-4-2-3-12(17)15(13)19-14(20)8-16/h2-7H,8H2,1H3. The summed E-state index contributed by atoms with van der Waals surface area (Å²) in [5.74, 6) is 0.574. The number of rotatable bonds is 2. The van der Waals surface area contributed by atoms with Crippen LogP contribution in [0.1, 0.15) is 11.4 Å². The molecule has 0 fully saturated rings. The molecule has 0 aliphatic carbocycles. The van der Waals surface area contributed by atoms with Crippen LogP contribution in [-0.2, 0) is 5.88 Å². The van der Waals surface area contributed by atoms with Crippen molar-refractivity contribution in [3.63, 3.8) is 0 Å². The number of hydrogen-bond acceptors (Lipinski definition) is 1. The van der Waals surface area contributed by atoms with Crippen molar-refractivity contribution in [3.05, 3.63) is 58.6 Å². The molecule has 0 aliphatic rings. The number of nitrogens with zero attached hydrogens (tertiary/aromatic N) is 2. The Balaban J connectivity index is 2.37. The third-order valence-corrected chi connectivity index (χ3v) is 3.65. The van der Waals surface area contributed by atoms with E-state index in [9.17, 15) is 4.39 Å². The van der Waals surface area contributed by atoms with E-state index in [1.54, 1.807) is 6.07 Å². The number of imidazole rings is 1. The van der Waals surface area contributed by atoms with E-state index in [0.717, 1.165) is 11.1 Å². The molecular formula is C15H11Cl2FN2. The number of alkyl halides is 1. The predicted octanol–water partition coefficient (Wildman–Crippen LogP) is 4.87. The van der Waals surface area contributed by atoms with Gasteiger partial charge in [0.2, 0.25) is 0 Å². The molecule has 1 aromatic heterocycles. The van der Waals surface area contributed by atoms with Gasteiger partial charge in [0.05, 0.1) is 22.1 Å². The predicted molar refractivity (Wildman–Crippen MR) is 80.3 cm³/mol. The molecule has 2 nitrogen and oxygen atoms in total. The van der Waals surface area contributed by atoms with Crippen molar-refractivity contribution in [1.29, 1.82) is 0 Å². The van der Waals surface area contributed by atoms with Gasteiger partial charge in [0, 0.05) is 0 Å². The van der Waals surface area contributed by atoms with E-state index < -0.39 is 0 Å². The normalized spacial score (nSPS) is 11.2. The van der Waals surface area contributed by atoms with Gasteiger partial charge in [0.15, 0.2) is 0 Å². The smallest absolute Gasteiger partial charge is 0.129 e. The SMILES string of the molecule is Cc1cc(F)cc(-n2c(CCl)nc3c(Cl)cccc32)c1. The van der Waals surface area contributed by atoms with Crippen molar-refractivity contribution >= 4 is 34.2 Å².